The summed E-state index contributed by atoms with van der Waals surface area (Å²) in [5.74, 6) is -0.242. The monoisotopic (exact) mass is 320 g/mol. The van der Waals surface area contributed by atoms with Crippen LogP contribution < -0.4 is 10.1 Å². The van der Waals surface area contributed by atoms with E-state index in [1.54, 1.807) is 17.0 Å². The standard InChI is InChI=1S/C17H24N2O4/c1-3-9-23-14-6-4-5-13(10-14)16(22)19-8-7-17(2,12-19)18-11-15(20)21/h4-6,10,18H,3,7-9,11-12H2,1-2H3,(H,20,21). The highest BCUT2D eigenvalue weighted by Gasteiger charge is 2.36. The van der Waals surface area contributed by atoms with Gasteiger partial charge >= 0.3 is 5.97 Å². The lowest BCUT2D eigenvalue weighted by atomic mass is 10.0. The van der Waals surface area contributed by atoms with Crippen LogP contribution in [0.4, 0.5) is 0 Å². The topological polar surface area (TPSA) is 78.9 Å². The number of nitrogens with one attached hydrogen (secondary N) is 1. The Morgan fingerprint density at radius 2 is 2.22 bits per heavy atom. The lowest BCUT2D eigenvalue weighted by Gasteiger charge is -2.25. The molecule has 1 aliphatic rings. The maximum atomic E-state index is 12.6. The lowest BCUT2D eigenvalue weighted by Crippen LogP contribution is -2.47. The second-order valence-corrected chi connectivity index (χ2v) is 6.16. The van der Waals surface area contributed by atoms with E-state index in [0.717, 1.165) is 12.8 Å². The third-order valence-corrected chi connectivity index (χ3v) is 3.98. The van der Waals surface area contributed by atoms with E-state index in [-0.39, 0.29) is 18.0 Å². The number of hydrogen-bond donors (Lipinski definition) is 2. The van der Waals surface area contributed by atoms with Gasteiger partial charge in [0.2, 0.25) is 0 Å². The Morgan fingerprint density at radius 1 is 1.43 bits per heavy atom. The molecule has 2 rings (SSSR count). The number of likely N-dealkylation sites (tertiary alicyclic amines) is 1. The molecule has 1 heterocycles. The van der Waals surface area contributed by atoms with Gasteiger partial charge in [-0.2, -0.15) is 0 Å². The van der Waals surface area contributed by atoms with E-state index in [1.807, 2.05) is 26.0 Å². The summed E-state index contributed by atoms with van der Waals surface area (Å²) in [6.07, 6.45) is 1.65. The van der Waals surface area contributed by atoms with Crippen molar-refractivity contribution < 1.29 is 19.4 Å². The molecule has 1 aliphatic heterocycles. The highest BCUT2D eigenvalue weighted by Crippen LogP contribution is 2.23. The van der Waals surface area contributed by atoms with Crippen LogP contribution in [0.1, 0.15) is 37.0 Å². The molecule has 1 saturated heterocycles. The van der Waals surface area contributed by atoms with Crippen LogP contribution in [-0.2, 0) is 4.79 Å². The normalized spacial score (nSPS) is 20.5. The maximum absolute atomic E-state index is 12.6. The van der Waals surface area contributed by atoms with Gasteiger partial charge in [0, 0.05) is 24.2 Å². The fraction of sp³-hybridized carbons (Fsp3) is 0.529. The molecule has 1 aromatic carbocycles. The van der Waals surface area contributed by atoms with Crippen molar-refractivity contribution in [2.75, 3.05) is 26.2 Å². The van der Waals surface area contributed by atoms with Crippen molar-refractivity contribution in [3.63, 3.8) is 0 Å². The van der Waals surface area contributed by atoms with Crippen LogP contribution >= 0.6 is 0 Å². The van der Waals surface area contributed by atoms with Crippen molar-refractivity contribution in [3.05, 3.63) is 29.8 Å². The van der Waals surface area contributed by atoms with Crippen molar-refractivity contribution >= 4 is 11.9 Å². The van der Waals surface area contributed by atoms with Crippen LogP contribution in [0.3, 0.4) is 0 Å². The van der Waals surface area contributed by atoms with Crippen LogP contribution in [0.15, 0.2) is 24.3 Å². The number of benzene rings is 1. The number of carbonyl (C=O) groups is 2. The van der Waals surface area contributed by atoms with Crippen LogP contribution in [-0.4, -0.2) is 53.7 Å². The third-order valence-electron chi connectivity index (χ3n) is 3.98. The SMILES string of the molecule is CCCOc1cccc(C(=O)N2CCC(C)(NCC(=O)O)C2)c1. The van der Waals surface area contributed by atoms with Gasteiger partial charge in [-0.1, -0.05) is 13.0 Å². The molecule has 1 fully saturated rings. The highest BCUT2D eigenvalue weighted by atomic mass is 16.5. The number of hydrogen-bond acceptors (Lipinski definition) is 4. The fourth-order valence-corrected chi connectivity index (χ4v) is 2.69. The molecule has 1 unspecified atom stereocenters. The number of carboxylic acids is 1. The second-order valence-electron chi connectivity index (χ2n) is 6.16. The molecule has 0 radical (unpaired) electrons. The van der Waals surface area contributed by atoms with Crippen molar-refractivity contribution in [1.29, 1.82) is 0 Å². The average molecular weight is 320 g/mol. The molecule has 6 nitrogen and oxygen atoms in total. The molecule has 6 heteroatoms. The molecule has 23 heavy (non-hydrogen) atoms. The highest BCUT2D eigenvalue weighted by molar-refractivity contribution is 5.94. The summed E-state index contributed by atoms with van der Waals surface area (Å²) in [7, 11) is 0. The van der Waals surface area contributed by atoms with Gasteiger partial charge in [0.1, 0.15) is 5.75 Å². The van der Waals surface area contributed by atoms with E-state index < -0.39 is 5.97 Å². The van der Waals surface area contributed by atoms with Gasteiger partial charge in [0.15, 0.2) is 0 Å². The Hall–Kier alpha value is -2.08. The molecule has 0 spiro atoms. The zero-order chi connectivity index (χ0) is 16.9. The summed E-state index contributed by atoms with van der Waals surface area (Å²) in [4.78, 5) is 25.1. The summed E-state index contributed by atoms with van der Waals surface area (Å²) in [5.41, 5.74) is 0.241. The molecule has 0 aromatic heterocycles. The predicted molar refractivity (Wildman–Crippen MR) is 86.8 cm³/mol. The summed E-state index contributed by atoms with van der Waals surface area (Å²) < 4.78 is 5.57. The summed E-state index contributed by atoms with van der Waals surface area (Å²) in [5, 5.41) is 11.8. The largest absolute Gasteiger partial charge is 0.494 e. The van der Waals surface area contributed by atoms with Crippen LogP contribution in [0.2, 0.25) is 0 Å². The molecular formula is C17H24N2O4. The first-order valence-electron chi connectivity index (χ1n) is 7.92. The molecule has 1 amide bonds. The molecule has 0 aliphatic carbocycles. The fourth-order valence-electron chi connectivity index (χ4n) is 2.69. The molecule has 1 atom stereocenters. The van der Waals surface area contributed by atoms with E-state index in [4.69, 9.17) is 9.84 Å². The zero-order valence-electron chi connectivity index (χ0n) is 13.7. The number of ether oxygens (including phenoxy) is 1. The van der Waals surface area contributed by atoms with E-state index in [9.17, 15) is 9.59 Å². The molecule has 0 bridgehead atoms. The average Bonchev–Trinajstić information content (AvgIpc) is 2.93. The molecule has 2 N–H and O–H groups in total. The van der Waals surface area contributed by atoms with Gasteiger partial charge in [-0.3, -0.25) is 14.9 Å². The van der Waals surface area contributed by atoms with Crippen LogP contribution in [0.5, 0.6) is 5.75 Å². The van der Waals surface area contributed by atoms with Crippen LogP contribution in [0.25, 0.3) is 0 Å². The van der Waals surface area contributed by atoms with Crippen LogP contribution in [0, 0.1) is 0 Å². The molecule has 0 saturated carbocycles. The predicted octanol–water partition coefficient (Wildman–Crippen LogP) is 1.75. The third kappa shape index (κ3) is 4.69. The van der Waals surface area contributed by atoms with E-state index in [2.05, 4.69) is 5.32 Å². The first-order chi connectivity index (χ1) is 10.9. The molecule has 1 aromatic rings. The minimum Gasteiger partial charge on any atom is -0.494 e. The van der Waals surface area contributed by atoms with Gasteiger partial charge < -0.3 is 14.7 Å². The number of carboxylic acid groups (broad SMARTS) is 1. The van der Waals surface area contributed by atoms with Gasteiger partial charge in [-0.25, -0.2) is 0 Å². The van der Waals surface area contributed by atoms with Crippen molar-refractivity contribution in [3.8, 4) is 5.75 Å². The Morgan fingerprint density at radius 3 is 2.91 bits per heavy atom. The molecule has 126 valence electrons. The van der Waals surface area contributed by atoms with Gasteiger partial charge in [-0.05, 0) is 38.0 Å². The van der Waals surface area contributed by atoms with Crippen molar-refractivity contribution in [2.45, 2.75) is 32.2 Å². The van der Waals surface area contributed by atoms with E-state index in [0.29, 0.717) is 31.0 Å². The van der Waals surface area contributed by atoms with Crippen molar-refractivity contribution in [2.24, 2.45) is 0 Å². The first-order valence-corrected chi connectivity index (χ1v) is 7.92. The Balaban J connectivity index is 2.00. The van der Waals surface area contributed by atoms with Crippen molar-refractivity contribution in [1.82, 2.24) is 10.2 Å². The smallest absolute Gasteiger partial charge is 0.317 e. The summed E-state index contributed by atoms with van der Waals surface area (Å²) >= 11 is 0. The number of amides is 1. The minimum atomic E-state index is -0.892. The summed E-state index contributed by atoms with van der Waals surface area (Å²) in [6, 6.07) is 7.20. The minimum absolute atomic E-state index is 0.0483. The Bertz CT molecular complexity index is 575. The Labute approximate surface area is 136 Å². The lowest BCUT2D eigenvalue weighted by molar-refractivity contribution is -0.136. The van der Waals surface area contributed by atoms with Gasteiger partial charge in [0.05, 0.1) is 13.2 Å². The summed E-state index contributed by atoms with van der Waals surface area (Å²) in [6.45, 7) is 5.62. The van der Waals surface area contributed by atoms with E-state index in [1.165, 1.54) is 0 Å². The first kappa shape index (κ1) is 17.3. The van der Waals surface area contributed by atoms with E-state index >= 15 is 0 Å². The number of nitrogens with zero attached hydrogens (tertiary/aromatic N) is 1. The number of aliphatic carboxylic acids is 1. The quantitative estimate of drug-likeness (QED) is 0.800. The Kier molecular flexibility index (Phi) is 5.60. The molecular weight excluding hydrogens is 296 g/mol. The van der Waals surface area contributed by atoms with Gasteiger partial charge in [-0.15, -0.1) is 0 Å². The number of carbonyl (C=O) groups excluding carboxylic acids is 1. The van der Waals surface area contributed by atoms with Gasteiger partial charge in [0.25, 0.3) is 5.91 Å². The second kappa shape index (κ2) is 7.46. The number of rotatable bonds is 7. The zero-order valence-corrected chi connectivity index (χ0v) is 13.7. The maximum Gasteiger partial charge on any atom is 0.317 e.